The van der Waals surface area contributed by atoms with Crippen molar-refractivity contribution in [2.45, 2.75) is 168 Å². The maximum atomic E-state index is 12.5. The molecule has 0 fully saturated rings. The molecule has 8 nitrogen and oxygen atoms in total. The van der Waals surface area contributed by atoms with Crippen LogP contribution in [0.5, 0.6) is 0 Å². The van der Waals surface area contributed by atoms with Crippen LogP contribution in [0.2, 0.25) is 0 Å². The van der Waals surface area contributed by atoms with E-state index in [1.807, 2.05) is 18.2 Å². The number of carbonyl (C=O) groups is 1. The van der Waals surface area contributed by atoms with E-state index < -0.39 is 19.9 Å². The first kappa shape index (κ1) is 51.5. The summed E-state index contributed by atoms with van der Waals surface area (Å²) in [7, 11) is -4.32. The summed E-state index contributed by atoms with van der Waals surface area (Å²) in [6.45, 7) is 4.09. The summed E-state index contributed by atoms with van der Waals surface area (Å²) < 4.78 is 33.0. The van der Waals surface area contributed by atoms with Crippen molar-refractivity contribution in [1.29, 1.82) is 0 Å². The van der Waals surface area contributed by atoms with E-state index in [4.69, 9.17) is 24.3 Å². The van der Waals surface area contributed by atoms with Crippen LogP contribution in [0, 0.1) is 0 Å². The topological polar surface area (TPSA) is 117 Å². The molecule has 310 valence electrons. The molecule has 0 amide bonds. The molecule has 0 bridgehead atoms. The summed E-state index contributed by atoms with van der Waals surface area (Å²) in [5.41, 5.74) is 5.35. The average Bonchev–Trinajstić information content (AvgIpc) is 3.16. The molecule has 0 saturated heterocycles. The molecule has 0 aromatic rings. The number of nitrogens with two attached hydrogens (primary N) is 1. The zero-order chi connectivity index (χ0) is 39.5. The predicted molar refractivity (Wildman–Crippen MR) is 228 cm³/mol. The van der Waals surface area contributed by atoms with Gasteiger partial charge in [-0.2, -0.15) is 0 Å². The van der Waals surface area contributed by atoms with Gasteiger partial charge in [0.25, 0.3) is 0 Å². The van der Waals surface area contributed by atoms with Crippen LogP contribution in [0.1, 0.15) is 162 Å². The second-order valence-corrected chi connectivity index (χ2v) is 15.0. The number of ether oxygens (including phenoxy) is 2. The lowest BCUT2D eigenvalue weighted by Crippen LogP contribution is -2.27. The van der Waals surface area contributed by atoms with Crippen molar-refractivity contribution in [2.75, 3.05) is 26.4 Å². The molecule has 0 rings (SSSR count). The maximum absolute atomic E-state index is 12.5. The highest BCUT2D eigenvalue weighted by atomic mass is 31.2. The van der Waals surface area contributed by atoms with Crippen molar-refractivity contribution < 1.29 is 32.8 Å². The number of phosphoric ester groups is 1. The van der Waals surface area contributed by atoms with Gasteiger partial charge in [0, 0.05) is 13.0 Å². The van der Waals surface area contributed by atoms with Crippen molar-refractivity contribution in [1.82, 2.24) is 0 Å². The summed E-state index contributed by atoms with van der Waals surface area (Å²) in [6.07, 6.45) is 54.2. The van der Waals surface area contributed by atoms with Crippen LogP contribution >= 0.6 is 7.82 Å². The summed E-state index contributed by atoms with van der Waals surface area (Å²) in [4.78, 5) is 22.4. The van der Waals surface area contributed by atoms with Crippen molar-refractivity contribution in [3.8, 4) is 0 Å². The zero-order valence-corrected chi connectivity index (χ0v) is 35.1. The molecule has 0 saturated carbocycles. The lowest BCUT2D eigenvalue weighted by Gasteiger charge is -2.19. The number of carbonyl (C=O) groups excluding carboxylic acids is 1. The number of unbranched alkanes of at least 4 members (excludes halogenated alkanes) is 14. The van der Waals surface area contributed by atoms with E-state index in [1.165, 1.54) is 83.5 Å². The van der Waals surface area contributed by atoms with E-state index in [0.29, 0.717) is 6.42 Å². The SMILES string of the molecule is CCCCCC=CCC=CCC=CCC=CCC=CCCC(=O)O[C@H](COC=CCCCCCCC=CCCCCCCCC)COP(=O)(O)OCCN. The largest absolute Gasteiger partial charge is 0.498 e. The summed E-state index contributed by atoms with van der Waals surface area (Å²) in [5.74, 6) is -0.438. The number of esters is 1. The van der Waals surface area contributed by atoms with Gasteiger partial charge in [-0.15, -0.1) is 0 Å². The highest BCUT2D eigenvalue weighted by Crippen LogP contribution is 2.43. The normalized spacial score (nSPS) is 14.3. The van der Waals surface area contributed by atoms with E-state index in [2.05, 4.69) is 74.6 Å². The molecule has 0 spiro atoms. The van der Waals surface area contributed by atoms with Crippen LogP contribution in [-0.4, -0.2) is 43.3 Å². The summed E-state index contributed by atoms with van der Waals surface area (Å²) in [5, 5.41) is 0. The Morgan fingerprint density at radius 1 is 0.574 bits per heavy atom. The Bertz CT molecular complexity index is 1100. The molecule has 3 N–H and O–H groups in total. The Morgan fingerprint density at radius 2 is 1.00 bits per heavy atom. The number of allylic oxidation sites excluding steroid dienone is 13. The third-order valence-electron chi connectivity index (χ3n) is 8.36. The number of rotatable bonds is 39. The second-order valence-electron chi connectivity index (χ2n) is 13.6. The van der Waals surface area contributed by atoms with Gasteiger partial charge in [0.15, 0.2) is 6.10 Å². The van der Waals surface area contributed by atoms with Gasteiger partial charge in [-0.3, -0.25) is 13.8 Å². The molecule has 0 aromatic heterocycles. The lowest BCUT2D eigenvalue weighted by atomic mass is 10.1. The zero-order valence-electron chi connectivity index (χ0n) is 34.2. The molecule has 0 radical (unpaired) electrons. The molecule has 0 aliphatic rings. The van der Waals surface area contributed by atoms with E-state index in [9.17, 15) is 14.3 Å². The van der Waals surface area contributed by atoms with E-state index in [-0.39, 0.29) is 32.8 Å². The Labute approximate surface area is 330 Å². The van der Waals surface area contributed by atoms with Gasteiger partial charge < -0.3 is 20.1 Å². The maximum Gasteiger partial charge on any atom is 0.472 e. The smallest absolute Gasteiger partial charge is 0.472 e. The standard InChI is InChI=1S/C45H78NO7P/c1-3-5-7-9-11-13-15-17-19-21-22-23-24-26-28-30-32-34-36-38-45(47)53-44(43-52-54(48,49)51-41-39-46)42-50-40-37-35-33-31-29-27-25-20-18-16-14-12-10-8-6-4-2/h11,13,17-20,22-23,26,28,32,34,37,40,44H,3-10,12,14-16,21,24-25,27,29-31,33,35-36,38-39,41-43,46H2,1-2H3,(H,48,49)/t44-/m1/s1. The molecular formula is C45H78NO7P. The predicted octanol–water partition coefficient (Wildman–Crippen LogP) is 12.9. The minimum absolute atomic E-state index is 0.00783. The summed E-state index contributed by atoms with van der Waals surface area (Å²) >= 11 is 0. The molecule has 0 aromatic carbocycles. The van der Waals surface area contributed by atoms with Crippen LogP contribution in [-0.2, 0) is 27.9 Å². The van der Waals surface area contributed by atoms with Gasteiger partial charge in [-0.05, 0) is 89.5 Å². The number of hydrogen-bond acceptors (Lipinski definition) is 7. The van der Waals surface area contributed by atoms with E-state index in [0.717, 1.165) is 51.4 Å². The van der Waals surface area contributed by atoms with Crippen molar-refractivity contribution in [3.05, 3.63) is 85.3 Å². The third kappa shape index (κ3) is 40.7. The quantitative estimate of drug-likeness (QED) is 0.0208. The van der Waals surface area contributed by atoms with E-state index in [1.54, 1.807) is 6.26 Å². The van der Waals surface area contributed by atoms with E-state index >= 15 is 0 Å². The molecule has 0 heterocycles. The Hall–Kier alpha value is -2.48. The van der Waals surface area contributed by atoms with Crippen LogP contribution < -0.4 is 5.73 Å². The van der Waals surface area contributed by atoms with Crippen LogP contribution in [0.25, 0.3) is 0 Å². The van der Waals surface area contributed by atoms with Crippen molar-refractivity contribution in [3.63, 3.8) is 0 Å². The highest BCUT2D eigenvalue weighted by Gasteiger charge is 2.25. The van der Waals surface area contributed by atoms with Gasteiger partial charge in [0.2, 0.25) is 0 Å². The Balaban J connectivity index is 4.28. The lowest BCUT2D eigenvalue weighted by molar-refractivity contribution is -0.153. The van der Waals surface area contributed by atoms with Gasteiger partial charge in [-0.25, -0.2) is 4.57 Å². The van der Waals surface area contributed by atoms with Crippen LogP contribution in [0.3, 0.4) is 0 Å². The van der Waals surface area contributed by atoms with Gasteiger partial charge in [0.1, 0.15) is 6.61 Å². The fourth-order valence-electron chi connectivity index (χ4n) is 5.23. The molecule has 1 unspecified atom stereocenters. The fourth-order valence-corrected chi connectivity index (χ4v) is 6.00. The van der Waals surface area contributed by atoms with Crippen molar-refractivity contribution in [2.24, 2.45) is 5.73 Å². The Kier molecular flexibility index (Phi) is 39.8. The molecule has 0 aliphatic heterocycles. The van der Waals surface area contributed by atoms with Crippen molar-refractivity contribution >= 4 is 13.8 Å². The first-order valence-corrected chi connectivity index (χ1v) is 22.6. The first-order chi connectivity index (χ1) is 26.4. The average molecular weight is 776 g/mol. The Morgan fingerprint density at radius 3 is 1.54 bits per heavy atom. The highest BCUT2D eigenvalue weighted by molar-refractivity contribution is 7.47. The van der Waals surface area contributed by atoms with Gasteiger partial charge >= 0.3 is 13.8 Å². The number of hydrogen-bond donors (Lipinski definition) is 2. The van der Waals surface area contributed by atoms with Crippen LogP contribution in [0.4, 0.5) is 0 Å². The second kappa shape index (κ2) is 41.7. The van der Waals surface area contributed by atoms with Gasteiger partial charge in [0.05, 0.1) is 19.5 Å². The fraction of sp³-hybridized carbons (Fsp3) is 0.667. The molecular weight excluding hydrogens is 697 g/mol. The molecule has 54 heavy (non-hydrogen) atoms. The minimum atomic E-state index is -4.32. The number of phosphoric acid groups is 1. The molecule has 0 aliphatic carbocycles. The molecule has 9 heteroatoms. The summed E-state index contributed by atoms with van der Waals surface area (Å²) in [6, 6.07) is 0. The van der Waals surface area contributed by atoms with Crippen LogP contribution in [0.15, 0.2) is 85.3 Å². The third-order valence-corrected chi connectivity index (χ3v) is 9.35. The first-order valence-electron chi connectivity index (χ1n) is 21.1. The molecule has 2 atom stereocenters. The minimum Gasteiger partial charge on any atom is -0.498 e. The van der Waals surface area contributed by atoms with Gasteiger partial charge in [-0.1, -0.05) is 145 Å². The monoisotopic (exact) mass is 776 g/mol.